The molecule has 18 heavy (non-hydrogen) atoms. The van der Waals surface area contributed by atoms with E-state index in [0.29, 0.717) is 19.0 Å². The molecule has 1 atom stereocenters. The largest absolute Gasteiger partial charge is 0.336 e. The predicted molar refractivity (Wildman–Crippen MR) is 67.8 cm³/mol. The lowest BCUT2D eigenvalue weighted by molar-refractivity contribution is -0.152. The van der Waals surface area contributed by atoms with Gasteiger partial charge in [-0.3, -0.25) is 9.59 Å². The average molecular weight is 248 g/mol. The number of fused-ring (bicyclic) bond motifs is 1. The van der Waals surface area contributed by atoms with Crippen LogP contribution < -0.4 is 0 Å². The number of hydrogen-bond donors (Lipinski definition) is 0. The molecular weight excluding hydrogens is 228 g/mol. The van der Waals surface area contributed by atoms with E-state index in [1.165, 1.54) is 19.3 Å². The van der Waals surface area contributed by atoms with Crippen LogP contribution in [0.4, 0.5) is 0 Å². The van der Waals surface area contributed by atoms with Gasteiger partial charge < -0.3 is 9.80 Å². The van der Waals surface area contributed by atoms with Gasteiger partial charge in [0.2, 0.25) is 11.8 Å². The molecule has 0 aromatic heterocycles. The maximum Gasteiger partial charge on any atom is 0.246 e. The Balaban J connectivity index is 1.74. The second-order valence-corrected chi connectivity index (χ2v) is 5.51. The predicted octanol–water partition coefficient (Wildman–Crippen LogP) is 1.32. The number of hydrogen-bond acceptors (Lipinski definition) is 2. The van der Waals surface area contributed by atoms with Gasteiger partial charge >= 0.3 is 0 Å². The Morgan fingerprint density at radius 2 is 1.72 bits per heavy atom. The quantitative estimate of drug-likeness (QED) is 0.702. The second-order valence-electron chi connectivity index (χ2n) is 5.51. The minimum Gasteiger partial charge on any atom is -0.336 e. The summed E-state index contributed by atoms with van der Waals surface area (Å²) in [5.74, 6) is 0.175. The molecule has 0 N–H and O–H groups in total. The van der Waals surface area contributed by atoms with E-state index in [4.69, 9.17) is 0 Å². The summed E-state index contributed by atoms with van der Waals surface area (Å²) < 4.78 is 0. The summed E-state index contributed by atoms with van der Waals surface area (Å²) >= 11 is 0. The van der Waals surface area contributed by atoms with Gasteiger partial charge in [-0.25, -0.2) is 0 Å². The number of carbonyl (C=O) groups excluding carboxylic acids is 2. The molecule has 1 aliphatic carbocycles. The molecule has 0 radical (unpaired) electrons. The molecule has 2 amide bonds. The van der Waals surface area contributed by atoms with Gasteiger partial charge in [-0.05, 0) is 25.3 Å². The molecule has 4 heteroatoms. The average Bonchev–Trinajstić information content (AvgIpc) is 2.41. The molecule has 3 rings (SSSR count). The van der Waals surface area contributed by atoms with Crippen LogP contribution >= 0.6 is 0 Å². The Labute approximate surface area is 108 Å². The number of nitrogens with zero attached hydrogens (tertiary/aromatic N) is 2. The van der Waals surface area contributed by atoms with Crippen molar-refractivity contribution in [3.05, 3.63) is 12.2 Å². The van der Waals surface area contributed by atoms with Crippen LogP contribution in [0, 0.1) is 0 Å². The molecule has 2 aliphatic heterocycles. The molecular formula is C14H20N2O2. The van der Waals surface area contributed by atoms with Gasteiger partial charge in [-0.2, -0.15) is 0 Å². The summed E-state index contributed by atoms with van der Waals surface area (Å²) in [4.78, 5) is 28.0. The molecule has 0 bridgehead atoms. The van der Waals surface area contributed by atoms with Crippen molar-refractivity contribution in [2.24, 2.45) is 0 Å². The smallest absolute Gasteiger partial charge is 0.246 e. The number of amides is 2. The van der Waals surface area contributed by atoms with Gasteiger partial charge in [-0.15, -0.1) is 0 Å². The zero-order valence-electron chi connectivity index (χ0n) is 10.7. The molecule has 4 nitrogen and oxygen atoms in total. The summed E-state index contributed by atoms with van der Waals surface area (Å²) in [5, 5.41) is 0. The fourth-order valence-electron chi connectivity index (χ4n) is 3.45. The Bertz CT molecular complexity index is 385. The van der Waals surface area contributed by atoms with Crippen LogP contribution in [-0.2, 0) is 9.59 Å². The fourth-order valence-corrected chi connectivity index (χ4v) is 3.45. The van der Waals surface area contributed by atoms with Crippen molar-refractivity contribution in [1.29, 1.82) is 0 Å². The van der Waals surface area contributed by atoms with Gasteiger partial charge in [0.05, 0.1) is 0 Å². The Morgan fingerprint density at radius 1 is 1.00 bits per heavy atom. The summed E-state index contributed by atoms with van der Waals surface area (Å²) in [6, 6.07) is 0.201. The van der Waals surface area contributed by atoms with Crippen LogP contribution in [0.5, 0.6) is 0 Å². The van der Waals surface area contributed by atoms with E-state index in [9.17, 15) is 9.59 Å². The van der Waals surface area contributed by atoms with E-state index in [1.54, 1.807) is 11.0 Å². The van der Waals surface area contributed by atoms with E-state index < -0.39 is 0 Å². The van der Waals surface area contributed by atoms with Crippen molar-refractivity contribution in [2.45, 2.75) is 50.6 Å². The Hall–Kier alpha value is -1.32. The van der Waals surface area contributed by atoms with Crippen LogP contribution in [0.2, 0.25) is 0 Å². The van der Waals surface area contributed by atoms with E-state index in [0.717, 1.165) is 19.4 Å². The molecule has 1 saturated carbocycles. The van der Waals surface area contributed by atoms with E-state index in [1.807, 2.05) is 11.0 Å². The first kappa shape index (κ1) is 11.8. The molecule has 2 fully saturated rings. The third-order valence-electron chi connectivity index (χ3n) is 4.44. The van der Waals surface area contributed by atoms with Crippen molar-refractivity contribution in [1.82, 2.24) is 9.80 Å². The zero-order chi connectivity index (χ0) is 12.5. The second kappa shape index (κ2) is 4.75. The summed E-state index contributed by atoms with van der Waals surface area (Å²) in [6.07, 6.45) is 10.2. The molecule has 0 unspecified atom stereocenters. The van der Waals surface area contributed by atoms with Crippen molar-refractivity contribution < 1.29 is 9.59 Å². The van der Waals surface area contributed by atoms with Crippen LogP contribution in [0.25, 0.3) is 0 Å². The highest BCUT2D eigenvalue weighted by molar-refractivity contribution is 5.95. The third kappa shape index (κ3) is 1.93. The molecule has 98 valence electrons. The molecule has 0 aromatic rings. The van der Waals surface area contributed by atoms with E-state index in [2.05, 4.69) is 0 Å². The lowest BCUT2D eigenvalue weighted by atomic mass is 9.92. The minimum atomic E-state index is -0.224. The highest BCUT2D eigenvalue weighted by Gasteiger charge is 2.40. The number of carbonyl (C=O) groups is 2. The molecule has 0 spiro atoms. The van der Waals surface area contributed by atoms with Crippen molar-refractivity contribution >= 4 is 11.8 Å². The lowest BCUT2D eigenvalue weighted by Gasteiger charge is -2.45. The van der Waals surface area contributed by atoms with Gasteiger partial charge in [0.25, 0.3) is 0 Å². The molecule has 1 saturated heterocycles. The summed E-state index contributed by atoms with van der Waals surface area (Å²) in [5.41, 5.74) is 0. The first-order valence-corrected chi connectivity index (χ1v) is 7.05. The highest BCUT2D eigenvalue weighted by Crippen LogP contribution is 2.27. The first-order valence-electron chi connectivity index (χ1n) is 7.05. The summed E-state index contributed by atoms with van der Waals surface area (Å²) in [6.45, 7) is 1.43. The monoisotopic (exact) mass is 248 g/mol. The van der Waals surface area contributed by atoms with Crippen LogP contribution in [-0.4, -0.2) is 46.8 Å². The van der Waals surface area contributed by atoms with Crippen molar-refractivity contribution in [2.75, 3.05) is 13.1 Å². The third-order valence-corrected chi connectivity index (χ3v) is 4.44. The molecule has 3 aliphatic rings. The van der Waals surface area contributed by atoms with Gasteiger partial charge in [0.1, 0.15) is 6.04 Å². The van der Waals surface area contributed by atoms with Gasteiger partial charge in [0, 0.05) is 19.1 Å². The van der Waals surface area contributed by atoms with Crippen molar-refractivity contribution in [3.63, 3.8) is 0 Å². The maximum absolute atomic E-state index is 12.5. The minimum absolute atomic E-state index is 0.00268. The Morgan fingerprint density at radius 3 is 2.50 bits per heavy atom. The number of piperazine rings is 1. The van der Waals surface area contributed by atoms with Crippen LogP contribution in [0.1, 0.15) is 38.5 Å². The van der Waals surface area contributed by atoms with E-state index >= 15 is 0 Å². The Kier molecular flexibility index (Phi) is 3.10. The normalized spacial score (nSPS) is 29.7. The topological polar surface area (TPSA) is 40.6 Å². The first-order chi connectivity index (χ1) is 8.77. The molecule has 2 heterocycles. The van der Waals surface area contributed by atoms with Crippen LogP contribution in [0.3, 0.4) is 0 Å². The van der Waals surface area contributed by atoms with E-state index in [-0.39, 0.29) is 17.9 Å². The maximum atomic E-state index is 12.5. The van der Waals surface area contributed by atoms with Crippen LogP contribution in [0.15, 0.2) is 12.2 Å². The molecule has 0 aromatic carbocycles. The lowest BCUT2D eigenvalue weighted by Crippen LogP contribution is -2.61. The highest BCUT2D eigenvalue weighted by atomic mass is 16.2. The standard InChI is InChI=1S/C14H20N2O2/c17-13-8-4-7-12-14(18)15(9-10-16(12)13)11-5-2-1-3-6-11/h4,8,11-12H,1-3,5-7,9-10H2/t12-/m1/s1. The van der Waals surface area contributed by atoms with Gasteiger partial charge in [0.15, 0.2) is 0 Å². The summed E-state index contributed by atoms with van der Waals surface area (Å²) in [7, 11) is 0. The van der Waals surface area contributed by atoms with Crippen molar-refractivity contribution in [3.8, 4) is 0 Å². The van der Waals surface area contributed by atoms with Gasteiger partial charge in [-0.1, -0.05) is 25.3 Å². The zero-order valence-corrected chi connectivity index (χ0v) is 10.7. The number of rotatable bonds is 1. The SMILES string of the molecule is O=C1[C@H]2CC=CC(=O)N2CCN1C1CCCCC1. The fraction of sp³-hybridized carbons (Fsp3) is 0.714.